The first-order chi connectivity index (χ1) is 10.1. The number of rotatable bonds is 6. The van der Waals surface area contributed by atoms with E-state index < -0.39 is 10.0 Å². The fraction of sp³-hybridized carbons (Fsp3) is 0.625. The van der Waals surface area contributed by atoms with Crippen LogP contribution >= 0.6 is 0 Å². The smallest absolute Gasteiger partial charge is 0.243 e. The summed E-state index contributed by atoms with van der Waals surface area (Å²) in [6, 6.07) is 7.07. The molecule has 0 unspecified atom stereocenters. The Morgan fingerprint density at radius 3 is 2.29 bits per heavy atom. The summed E-state index contributed by atoms with van der Waals surface area (Å²) in [5.74, 6) is 0.692. The van der Waals surface area contributed by atoms with Crippen molar-refractivity contribution in [3.8, 4) is 0 Å². The SMILES string of the molecule is CCCC1CCN(S(=O)(=O)c2ccc(NCC)cc2)CC1. The molecule has 0 amide bonds. The van der Waals surface area contributed by atoms with Crippen LogP contribution < -0.4 is 5.32 Å². The zero-order chi connectivity index (χ0) is 15.3. The van der Waals surface area contributed by atoms with Gasteiger partial charge < -0.3 is 5.32 Å². The minimum Gasteiger partial charge on any atom is -0.385 e. The molecule has 1 heterocycles. The van der Waals surface area contributed by atoms with Gasteiger partial charge in [0.25, 0.3) is 0 Å². The lowest BCUT2D eigenvalue weighted by Crippen LogP contribution is -2.38. The standard InChI is InChI=1S/C16H26N2O2S/c1-3-5-14-10-12-18(13-11-14)21(19,20)16-8-6-15(7-9-16)17-4-2/h6-9,14,17H,3-5,10-13H2,1-2H3. The normalized spacial score (nSPS) is 17.8. The third kappa shape index (κ3) is 3.98. The van der Waals surface area contributed by atoms with Crippen LogP contribution in [0.3, 0.4) is 0 Å². The average molecular weight is 310 g/mol. The van der Waals surface area contributed by atoms with Crippen molar-refractivity contribution in [2.24, 2.45) is 5.92 Å². The molecule has 0 aromatic heterocycles. The molecule has 1 aliphatic heterocycles. The molecule has 0 bridgehead atoms. The van der Waals surface area contributed by atoms with E-state index in [-0.39, 0.29) is 0 Å². The highest BCUT2D eigenvalue weighted by Crippen LogP contribution is 2.26. The highest BCUT2D eigenvalue weighted by molar-refractivity contribution is 7.89. The molecule has 21 heavy (non-hydrogen) atoms. The molecule has 2 rings (SSSR count). The van der Waals surface area contributed by atoms with Crippen LogP contribution in [0.5, 0.6) is 0 Å². The predicted octanol–water partition coefficient (Wildman–Crippen LogP) is 3.32. The van der Waals surface area contributed by atoms with Crippen LogP contribution in [0.4, 0.5) is 5.69 Å². The monoisotopic (exact) mass is 310 g/mol. The number of anilines is 1. The molecule has 1 aliphatic rings. The summed E-state index contributed by atoms with van der Waals surface area (Å²) in [6.45, 7) is 6.35. The van der Waals surface area contributed by atoms with Crippen LogP contribution in [0, 0.1) is 5.92 Å². The van der Waals surface area contributed by atoms with Crippen molar-refractivity contribution >= 4 is 15.7 Å². The van der Waals surface area contributed by atoms with E-state index in [0.717, 1.165) is 25.1 Å². The first-order valence-corrected chi connectivity index (χ1v) is 9.36. The molecule has 0 aliphatic carbocycles. The molecule has 1 saturated heterocycles. The number of nitrogens with zero attached hydrogens (tertiary/aromatic N) is 1. The van der Waals surface area contributed by atoms with Gasteiger partial charge in [0.2, 0.25) is 10.0 Å². The maximum Gasteiger partial charge on any atom is 0.243 e. The topological polar surface area (TPSA) is 49.4 Å². The third-order valence-corrected chi connectivity index (χ3v) is 6.06. The van der Waals surface area contributed by atoms with Gasteiger partial charge in [0.15, 0.2) is 0 Å². The summed E-state index contributed by atoms with van der Waals surface area (Å²) in [5, 5.41) is 3.18. The van der Waals surface area contributed by atoms with Crippen molar-refractivity contribution in [3.05, 3.63) is 24.3 Å². The van der Waals surface area contributed by atoms with Gasteiger partial charge in [0, 0.05) is 25.3 Å². The first kappa shape index (κ1) is 16.3. The third-order valence-electron chi connectivity index (χ3n) is 4.14. The fourth-order valence-corrected chi connectivity index (χ4v) is 4.41. The zero-order valence-corrected chi connectivity index (χ0v) is 13.8. The van der Waals surface area contributed by atoms with Crippen molar-refractivity contribution < 1.29 is 8.42 Å². The summed E-state index contributed by atoms with van der Waals surface area (Å²) in [5.41, 5.74) is 0.957. The van der Waals surface area contributed by atoms with Gasteiger partial charge >= 0.3 is 0 Å². The number of hydrogen-bond acceptors (Lipinski definition) is 3. The molecule has 4 nitrogen and oxygen atoms in total. The van der Waals surface area contributed by atoms with E-state index in [2.05, 4.69) is 12.2 Å². The quantitative estimate of drug-likeness (QED) is 0.877. The summed E-state index contributed by atoms with van der Waals surface area (Å²) in [4.78, 5) is 0.401. The molecule has 0 spiro atoms. The van der Waals surface area contributed by atoms with Crippen LogP contribution in [0.2, 0.25) is 0 Å². The van der Waals surface area contributed by atoms with Crippen molar-refractivity contribution in [2.45, 2.75) is 44.4 Å². The Balaban J connectivity index is 2.04. The molecule has 1 N–H and O–H groups in total. The Morgan fingerprint density at radius 1 is 1.14 bits per heavy atom. The summed E-state index contributed by atoms with van der Waals surface area (Å²) in [6.07, 6.45) is 4.37. The van der Waals surface area contributed by atoms with Gasteiger partial charge in [0.05, 0.1) is 4.90 Å². The van der Waals surface area contributed by atoms with E-state index in [1.165, 1.54) is 12.8 Å². The van der Waals surface area contributed by atoms with Gasteiger partial charge in [-0.25, -0.2) is 8.42 Å². The lowest BCUT2D eigenvalue weighted by molar-refractivity contribution is 0.262. The van der Waals surface area contributed by atoms with Crippen molar-refractivity contribution in [1.29, 1.82) is 0 Å². The maximum absolute atomic E-state index is 12.6. The average Bonchev–Trinajstić information content (AvgIpc) is 2.49. The summed E-state index contributed by atoms with van der Waals surface area (Å²) in [7, 11) is -3.33. The number of piperidine rings is 1. The minimum atomic E-state index is -3.33. The zero-order valence-electron chi connectivity index (χ0n) is 13.0. The molecular weight excluding hydrogens is 284 g/mol. The van der Waals surface area contributed by atoms with Crippen molar-refractivity contribution in [1.82, 2.24) is 4.31 Å². The maximum atomic E-state index is 12.6. The van der Waals surface area contributed by atoms with Gasteiger partial charge in [-0.15, -0.1) is 0 Å². The van der Waals surface area contributed by atoms with Crippen molar-refractivity contribution in [2.75, 3.05) is 25.0 Å². The molecule has 0 radical (unpaired) electrons. The Labute approximate surface area is 128 Å². The molecule has 1 aromatic carbocycles. The van der Waals surface area contributed by atoms with Gasteiger partial charge in [-0.3, -0.25) is 0 Å². The van der Waals surface area contributed by atoms with Gasteiger partial charge in [-0.1, -0.05) is 19.8 Å². The highest BCUT2D eigenvalue weighted by atomic mass is 32.2. The molecule has 5 heteroatoms. The van der Waals surface area contributed by atoms with Gasteiger partial charge in [-0.05, 0) is 49.9 Å². The predicted molar refractivity (Wildman–Crippen MR) is 87.0 cm³/mol. The Bertz CT molecular complexity index is 532. The summed E-state index contributed by atoms with van der Waals surface area (Å²) < 4.78 is 26.9. The number of benzene rings is 1. The molecule has 0 atom stereocenters. The van der Waals surface area contributed by atoms with Crippen LogP contribution in [-0.4, -0.2) is 32.4 Å². The molecule has 118 valence electrons. The summed E-state index contributed by atoms with van der Waals surface area (Å²) >= 11 is 0. The van der Waals surface area contributed by atoms with Crippen LogP contribution in [0.1, 0.15) is 39.5 Å². The number of nitrogens with one attached hydrogen (secondary N) is 1. The van der Waals surface area contributed by atoms with E-state index in [1.807, 2.05) is 19.1 Å². The molecule has 0 saturated carbocycles. The highest BCUT2D eigenvalue weighted by Gasteiger charge is 2.28. The number of sulfonamides is 1. The largest absolute Gasteiger partial charge is 0.385 e. The van der Waals surface area contributed by atoms with E-state index in [9.17, 15) is 8.42 Å². The first-order valence-electron chi connectivity index (χ1n) is 7.92. The van der Waals surface area contributed by atoms with Crippen LogP contribution in [0.15, 0.2) is 29.2 Å². The number of hydrogen-bond donors (Lipinski definition) is 1. The fourth-order valence-electron chi connectivity index (χ4n) is 2.94. The van der Waals surface area contributed by atoms with Gasteiger partial charge in [-0.2, -0.15) is 4.31 Å². The Hall–Kier alpha value is -1.07. The van der Waals surface area contributed by atoms with Gasteiger partial charge in [0.1, 0.15) is 0 Å². The molecular formula is C16H26N2O2S. The van der Waals surface area contributed by atoms with Crippen LogP contribution in [0.25, 0.3) is 0 Å². The Morgan fingerprint density at radius 2 is 1.76 bits per heavy atom. The van der Waals surface area contributed by atoms with Crippen LogP contribution in [-0.2, 0) is 10.0 Å². The second kappa shape index (κ2) is 7.27. The second-order valence-electron chi connectivity index (χ2n) is 5.69. The van der Waals surface area contributed by atoms with E-state index >= 15 is 0 Å². The Kier molecular flexibility index (Phi) is 5.65. The van der Waals surface area contributed by atoms with E-state index in [4.69, 9.17) is 0 Å². The van der Waals surface area contributed by atoms with E-state index in [1.54, 1.807) is 16.4 Å². The molecule has 1 fully saturated rings. The lowest BCUT2D eigenvalue weighted by Gasteiger charge is -2.31. The van der Waals surface area contributed by atoms with Crippen molar-refractivity contribution in [3.63, 3.8) is 0 Å². The lowest BCUT2D eigenvalue weighted by atomic mass is 9.94. The minimum absolute atomic E-state index is 0.401. The van der Waals surface area contributed by atoms with E-state index in [0.29, 0.717) is 23.9 Å². The molecule has 1 aromatic rings. The second-order valence-corrected chi connectivity index (χ2v) is 7.63.